The van der Waals surface area contributed by atoms with Crippen molar-refractivity contribution in [3.05, 3.63) is 76.8 Å². The van der Waals surface area contributed by atoms with E-state index in [4.69, 9.17) is 4.74 Å². The molecule has 8 nitrogen and oxygen atoms in total. The van der Waals surface area contributed by atoms with Crippen molar-refractivity contribution in [3.8, 4) is 5.75 Å². The molecule has 0 spiro atoms. The monoisotopic (exact) mass is 459 g/mol. The van der Waals surface area contributed by atoms with Gasteiger partial charge in [-0.2, -0.15) is 0 Å². The number of carbonyl (C=O) groups is 2. The molecular weight excluding hydrogens is 438 g/mol. The second kappa shape index (κ2) is 8.95. The van der Waals surface area contributed by atoms with Crippen molar-refractivity contribution >= 4 is 39.1 Å². The van der Waals surface area contributed by atoms with Crippen molar-refractivity contribution in [1.82, 2.24) is 19.9 Å². The lowest BCUT2D eigenvalue weighted by Gasteiger charge is -2.27. The number of benzene rings is 2. The van der Waals surface area contributed by atoms with Gasteiger partial charge < -0.3 is 9.64 Å². The number of thiazole rings is 1. The van der Waals surface area contributed by atoms with Crippen LogP contribution in [0.5, 0.6) is 5.75 Å². The molecule has 0 saturated heterocycles. The van der Waals surface area contributed by atoms with Crippen LogP contribution in [0.15, 0.2) is 55.0 Å². The molecule has 166 valence electrons. The first-order chi connectivity index (χ1) is 16.1. The summed E-state index contributed by atoms with van der Waals surface area (Å²) < 4.78 is 5.80. The number of anilines is 1. The van der Waals surface area contributed by atoms with Gasteiger partial charge in [-0.3, -0.25) is 19.9 Å². The number of ether oxygens (including phenoxy) is 1. The zero-order chi connectivity index (χ0) is 22.8. The first kappa shape index (κ1) is 21.0. The van der Waals surface area contributed by atoms with Crippen LogP contribution < -0.4 is 10.1 Å². The quantitative estimate of drug-likeness (QED) is 0.486. The molecule has 0 unspecified atom stereocenters. The summed E-state index contributed by atoms with van der Waals surface area (Å²) in [5.74, 6) is 0.159. The summed E-state index contributed by atoms with van der Waals surface area (Å²) in [5.41, 5.74) is 1.71. The van der Waals surface area contributed by atoms with Crippen LogP contribution in [0.3, 0.4) is 0 Å². The zero-order valence-electron chi connectivity index (χ0n) is 17.9. The molecule has 0 atom stereocenters. The van der Waals surface area contributed by atoms with E-state index in [0.717, 1.165) is 21.3 Å². The van der Waals surface area contributed by atoms with Crippen LogP contribution in [-0.4, -0.2) is 44.8 Å². The first-order valence-electron chi connectivity index (χ1n) is 10.6. The first-order valence-corrected chi connectivity index (χ1v) is 11.5. The zero-order valence-corrected chi connectivity index (χ0v) is 18.8. The van der Waals surface area contributed by atoms with Crippen molar-refractivity contribution in [2.24, 2.45) is 0 Å². The van der Waals surface area contributed by atoms with Gasteiger partial charge in [0.2, 0.25) is 0 Å². The van der Waals surface area contributed by atoms with Gasteiger partial charge in [0.05, 0.1) is 30.6 Å². The molecular formula is C24H21N5O3S. The van der Waals surface area contributed by atoms with Gasteiger partial charge in [0.15, 0.2) is 5.13 Å². The average molecular weight is 460 g/mol. The summed E-state index contributed by atoms with van der Waals surface area (Å²) >= 11 is 1.38. The lowest BCUT2D eigenvalue weighted by Crippen LogP contribution is -2.35. The van der Waals surface area contributed by atoms with E-state index >= 15 is 0 Å². The van der Waals surface area contributed by atoms with Gasteiger partial charge in [-0.15, -0.1) is 0 Å². The number of hydrogen-bond acceptors (Lipinski definition) is 7. The van der Waals surface area contributed by atoms with Gasteiger partial charge in [0, 0.05) is 30.2 Å². The van der Waals surface area contributed by atoms with Crippen LogP contribution in [0.4, 0.5) is 5.13 Å². The maximum Gasteiger partial charge on any atom is 0.277 e. The second-order valence-electron chi connectivity index (χ2n) is 7.50. The van der Waals surface area contributed by atoms with E-state index in [9.17, 15) is 9.59 Å². The van der Waals surface area contributed by atoms with Gasteiger partial charge in [-0.05, 0) is 23.8 Å². The molecule has 5 rings (SSSR count). The smallest absolute Gasteiger partial charge is 0.277 e. The van der Waals surface area contributed by atoms with E-state index in [2.05, 4.69) is 20.3 Å². The van der Waals surface area contributed by atoms with Crippen molar-refractivity contribution < 1.29 is 14.3 Å². The molecule has 4 aromatic rings. The van der Waals surface area contributed by atoms with Gasteiger partial charge in [0.25, 0.3) is 11.8 Å². The normalized spacial score (nSPS) is 12.9. The Kier molecular flexibility index (Phi) is 5.70. The van der Waals surface area contributed by atoms with E-state index in [-0.39, 0.29) is 17.5 Å². The second-order valence-corrected chi connectivity index (χ2v) is 8.59. The van der Waals surface area contributed by atoms with Crippen molar-refractivity contribution in [3.63, 3.8) is 0 Å². The Morgan fingerprint density at radius 1 is 1.18 bits per heavy atom. The number of hydrogen-bond donors (Lipinski definition) is 1. The van der Waals surface area contributed by atoms with Gasteiger partial charge in [-0.1, -0.05) is 41.7 Å². The summed E-state index contributed by atoms with van der Waals surface area (Å²) in [6.45, 7) is 3.36. The maximum atomic E-state index is 13.6. The molecule has 1 aliphatic heterocycles. The largest absolute Gasteiger partial charge is 0.493 e. The summed E-state index contributed by atoms with van der Waals surface area (Å²) in [4.78, 5) is 41.3. The Morgan fingerprint density at radius 3 is 2.88 bits per heavy atom. The number of carbonyl (C=O) groups excluding carboxylic acids is 2. The summed E-state index contributed by atoms with van der Waals surface area (Å²) in [5, 5.41) is 5.14. The number of amides is 2. The third-order valence-electron chi connectivity index (χ3n) is 5.44. The molecule has 0 saturated carbocycles. The standard InChI is InChI=1S/C24H21N5O3S/c1-2-32-19-8-7-15-5-3-4-6-16(15)21(19)23(31)29-12-9-17-20(14-29)33-24(27-17)28-22(30)18-13-25-10-11-26-18/h3-8,10-11,13H,2,9,12,14H2,1H3,(H,27,28,30). The fourth-order valence-electron chi connectivity index (χ4n) is 3.91. The molecule has 1 aliphatic rings. The molecule has 2 aromatic heterocycles. The molecule has 33 heavy (non-hydrogen) atoms. The van der Waals surface area contributed by atoms with E-state index in [0.29, 0.717) is 42.6 Å². The molecule has 2 aromatic carbocycles. The predicted octanol–water partition coefficient (Wildman–Crippen LogP) is 3.94. The topological polar surface area (TPSA) is 97.3 Å². The van der Waals surface area contributed by atoms with Crippen LogP contribution in [0.2, 0.25) is 0 Å². The lowest BCUT2D eigenvalue weighted by molar-refractivity contribution is 0.0734. The Bertz CT molecular complexity index is 1340. The highest BCUT2D eigenvalue weighted by molar-refractivity contribution is 7.15. The minimum atomic E-state index is -0.362. The molecule has 2 amide bonds. The van der Waals surface area contributed by atoms with Crippen LogP contribution in [0.25, 0.3) is 10.8 Å². The SMILES string of the molecule is CCOc1ccc2ccccc2c1C(=O)N1CCc2nc(NC(=O)c3cnccn3)sc2C1. The summed E-state index contributed by atoms with van der Waals surface area (Å²) in [7, 11) is 0. The number of nitrogens with one attached hydrogen (secondary N) is 1. The highest BCUT2D eigenvalue weighted by Crippen LogP contribution is 2.33. The Labute approximate surface area is 194 Å². The van der Waals surface area contributed by atoms with Crippen molar-refractivity contribution in [1.29, 1.82) is 0 Å². The third-order valence-corrected chi connectivity index (χ3v) is 6.44. The minimum Gasteiger partial charge on any atom is -0.493 e. The van der Waals surface area contributed by atoms with Gasteiger partial charge >= 0.3 is 0 Å². The lowest BCUT2D eigenvalue weighted by atomic mass is 10.0. The fourth-order valence-corrected chi connectivity index (χ4v) is 4.92. The van der Waals surface area contributed by atoms with E-state index in [1.54, 1.807) is 0 Å². The highest BCUT2D eigenvalue weighted by Gasteiger charge is 2.28. The molecule has 3 heterocycles. The van der Waals surface area contributed by atoms with Crippen LogP contribution in [-0.2, 0) is 13.0 Å². The van der Waals surface area contributed by atoms with E-state index in [1.165, 1.54) is 29.9 Å². The molecule has 1 N–H and O–H groups in total. The number of fused-ring (bicyclic) bond motifs is 2. The average Bonchev–Trinajstić information content (AvgIpc) is 3.25. The van der Waals surface area contributed by atoms with E-state index in [1.807, 2.05) is 48.2 Å². The summed E-state index contributed by atoms with van der Waals surface area (Å²) in [6.07, 6.45) is 5.00. The number of aromatic nitrogens is 3. The summed E-state index contributed by atoms with van der Waals surface area (Å²) in [6, 6.07) is 11.7. The number of rotatable bonds is 5. The predicted molar refractivity (Wildman–Crippen MR) is 126 cm³/mol. The molecule has 0 aliphatic carbocycles. The highest BCUT2D eigenvalue weighted by atomic mass is 32.1. The maximum absolute atomic E-state index is 13.6. The van der Waals surface area contributed by atoms with Crippen LogP contribution in [0.1, 0.15) is 38.3 Å². The van der Waals surface area contributed by atoms with Crippen molar-refractivity contribution in [2.75, 3.05) is 18.5 Å². The third kappa shape index (κ3) is 4.14. The molecule has 9 heteroatoms. The van der Waals surface area contributed by atoms with Crippen molar-refractivity contribution in [2.45, 2.75) is 19.9 Å². The van der Waals surface area contributed by atoms with Crippen LogP contribution in [0, 0.1) is 0 Å². The molecule has 0 radical (unpaired) electrons. The fraction of sp³-hybridized carbons (Fsp3) is 0.208. The Hall–Kier alpha value is -3.85. The van der Waals surface area contributed by atoms with Gasteiger partial charge in [-0.25, -0.2) is 9.97 Å². The Balaban J connectivity index is 1.39. The Morgan fingerprint density at radius 2 is 2.06 bits per heavy atom. The molecule has 0 bridgehead atoms. The van der Waals surface area contributed by atoms with Crippen LogP contribution >= 0.6 is 11.3 Å². The number of nitrogens with zero attached hydrogens (tertiary/aromatic N) is 4. The van der Waals surface area contributed by atoms with Gasteiger partial charge in [0.1, 0.15) is 11.4 Å². The van der Waals surface area contributed by atoms with E-state index < -0.39 is 0 Å². The minimum absolute atomic E-state index is 0.0700. The molecule has 0 fully saturated rings.